The molecule has 2 aliphatic heterocycles. The van der Waals surface area contributed by atoms with Gasteiger partial charge in [-0.15, -0.1) is 0 Å². The van der Waals surface area contributed by atoms with Crippen molar-refractivity contribution in [2.24, 2.45) is 0 Å². The van der Waals surface area contributed by atoms with Gasteiger partial charge >= 0.3 is 0 Å². The molecular weight excluding hydrogens is 340 g/mol. The summed E-state index contributed by atoms with van der Waals surface area (Å²) < 4.78 is 5.38. The van der Waals surface area contributed by atoms with E-state index in [9.17, 15) is 0 Å². The summed E-state index contributed by atoms with van der Waals surface area (Å²) >= 11 is 0. The number of aromatic nitrogens is 2. The standard InChI is InChI=1S/C20H28N6O/c1-25(15-18-11-19(24-23-18)17-5-3-2-4-6-17)14-16-12-21-20(22-13-16)26-7-9-27-10-8-26/h2-6,12-13,18-19,23-24H,7-11,14-15H2,1H3. The lowest BCUT2D eigenvalue weighted by Gasteiger charge is -2.26. The molecule has 0 bridgehead atoms. The number of hydrogen-bond donors (Lipinski definition) is 2. The van der Waals surface area contributed by atoms with Crippen molar-refractivity contribution in [2.75, 3.05) is 44.8 Å². The highest BCUT2D eigenvalue weighted by atomic mass is 16.5. The minimum atomic E-state index is 0.376. The molecule has 2 aromatic rings. The zero-order chi connectivity index (χ0) is 18.5. The molecule has 1 aromatic carbocycles. The summed E-state index contributed by atoms with van der Waals surface area (Å²) in [7, 11) is 2.15. The minimum absolute atomic E-state index is 0.376. The zero-order valence-corrected chi connectivity index (χ0v) is 15.8. The summed E-state index contributed by atoms with van der Waals surface area (Å²) in [6.07, 6.45) is 4.98. The Labute approximate surface area is 160 Å². The normalized spacial score (nSPS) is 23.1. The van der Waals surface area contributed by atoms with E-state index in [-0.39, 0.29) is 0 Å². The third kappa shape index (κ3) is 4.81. The van der Waals surface area contributed by atoms with E-state index in [1.54, 1.807) is 0 Å². The number of ether oxygens (including phenoxy) is 1. The Morgan fingerprint density at radius 3 is 2.59 bits per heavy atom. The van der Waals surface area contributed by atoms with Crippen molar-refractivity contribution in [1.82, 2.24) is 25.7 Å². The van der Waals surface area contributed by atoms with Crippen LogP contribution in [0.2, 0.25) is 0 Å². The Balaban J connectivity index is 1.26. The van der Waals surface area contributed by atoms with Crippen molar-refractivity contribution in [1.29, 1.82) is 0 Å². The maximum absolute atomic E-state index is 5.38. The van der Waals surface area contributed by atoms with Crippen LogP contribution in [0.1, 0.15) is 23.6 Å². The fraction of sp³-hybridized carbons (Fsp3) is 0.500. The number of hydrogen-bond acceptors (Lipinski definition) is 7. The molecule has 144 valence electrons. The van der Waals surface area contributed by atoms with Crippen LogP contribution in [0.3, 0.4) is 0 Å². The number of likely N-dealkylation sites (N-methyl/N-ethyl adjacent to an activating group) is 1. The predicted molar refractivity (Wildman–Crippen MR) is 105 cm³/mol. The summed E-state index contributed by atoms with van der Waals surface area (Å²) in [5.74, 6) is 0.803. The van der Waals surface area contributed by atoms with Gasteiger partial charge in [0, 0.05) is 56.2 Å². The van der Waals surface area contributed by atoms with Crippen LogP contribution in [0.15, 0.2) is 42.7 Å². The van der Waals surface area contributed by atoms with E-state index in [0.29, 0.717) is 12.1 Å². The van der Waals surface area contributed by atoms with Gasteiger partial charge < -0.3 is 14.5 Å². The maximum Gasteiger partial charge on any atom is 0.225 e. The molecule has 2 aliphatic rings. The van der Waals surface area contributed by atoms with Gasteiger partial charge in [-0.05, 0) is 19.0 Å². The van der Waals surface area contributed by atoms with Crippen LogP contribution >= 0.6 is 0 Å². The van der Waals surface area contributed by atoms with E-state index in [4.69, 9.17) is 4.74 Å². The van der Waals surface area contributed by atoms with E-state index in [0.717, 1.165) is 57.3 Å². The number of hydrazine groups is 1. The van der Waals surface area contributed by atoms with Gasteiger partial charge in [0.05, 0.1) is 13.2 Å². The third-order valence-corrected chi connectivity index (χ3v) is 5.15. The first-order valence-corrected chi connectivity index (χ1v) is 9.66. The lowest BCUT2D eigenvalue weighted by atomic mass is 10.0. The summed E-state index contributed by atoms with van der Waals surface area (Å²) in [5, 5.41) is 0. The largest absolute Gasteiger partial charge is 0.378 e. The summed E-state index contributed by atoms with van der Waals surface area (Å²) in [6, 6.07) is 11.4. The van der Waals surface area contributed by atoms with Crippen molar-refractivity contribution in [2.45, 2.75) is 25.0 Å². The molecule has 2 atom stereocenters. The van der Waals surface area contributed by atoms with Crippen LogP contribution in [0, 0.1) is 0 Å². The average molecular weight is 368 g/mol. The Hall–Kier alpha value is -2.06. The molecular formula is C20H28N6O. The smallest absolute Gasteiger partial charge is 0.225 e. The lowest BCUT2D eigenvalue weighted by molar-refractivity contribution is 0.122. The summed E-state index contributed by atoms with van der Waals surface area (Å²) in [5.41, 5.74) is 9.33. The van der Waals surface area contributed by atoms with Gasteiger partial charge in [0.25, 0.3) is 0 Å². The van der Waals surface area contributed by atoms with E-state index in [2.05, 4.69) is 68.0 Å². The Kier molecular flexibility index (Phi) is 5.94. The SMILES string of the molecule is CN(Cc1cnc(N2CCOCC2)nc1)CC1CC(c2ccccc2)NN1. The number of nitrogens with zero attached hydrogens (tertiary/aromatic N) is 4. The van der Waals surface area contributed by atoms with Crippen LogP contribution < -0.4 is 15.8 Å². The Morgan fingerprint density at radius 2 is 1.85 bits per heavy atom. The topological polar surface area (TPSA) is 65.6 Å². The van der Waals surface area contributed by atoms with Crippen molar-refractivity contribution < 1.29 is 4.74 Å². The van der Waals surface area contributed by atoms with E-state index in [1.165, 1.54) is 5.56 Å². The van der Waals surface area contributed by atoms with Crippen LogP contribution in [0.25, 0.3) is 0 Å². The monoisotopic (exact) mass is 368 g/mol. The quantitative estimate of drug-likeness (QED) is 0.798. The zero-order valence-electron chi connectivity index (χ0n) is 15.8. The fourth-order valence-electron chi connectivity index (χ4n) is 3.75. The highest BCUT2D eigenvalue weighted by Gasteiger charge is 2.25. The number of nitrogens with one attached hydrogen (secondary N) is 2. The molecule has 7 heteroatoms. The van der Waals surface area contributed by atoms with Gasteiger partial charge in [-0.1, -0.05) is 30.3 Å². The van der Waals surface area contributed by atoms with Gasteiger partial charge in [0.15, 0.2) is 0 Å². The van der Waals surface area contributed by atoms with Gasteiger partial charge in [-0.25, -0.2) is 15.4 Å². The van der Waals surface area contributed by atoms with Gasteiger partial charge in [-0.3, -0.25) is 5.43 Å². The molecule has 0 amide bonds. The van der Waals surface area contributed by atoms with Crippen LogP contribution in [-0.2, 0) is 11.3 Å². The highest BCUT2D eigenvalue weighted by Crippen LogP contribution is 2.22. The molecule has 2 unspecified atom stereocenters. The first-order valence-electron chi connectivity index (χ1n) is 9.66. The number of anilines is 1. The van der Waals surface area contributed by atoms with E-state index < -0.39 is 0 Å². The van der Waals surface area contributed by atoms with Gasteiger partial charge in [-0.2, -0.15) is 0 Å². The highest BCUT2D eigenvalue weighted by molar-refractivity contribution is 5.30. The van der Waals surface area contributed by atoms with Crippen LogP contribution in [0.5, 0.6) is 0 Å². The fourth-order valence-corrected chi connectivity index (χ4v) is 3.75. The molecule has 2 saturated heterocycles. The molecule has 2 fully saturated rings. The van der Waals surface area contributed by atoms with Gasteiger partial charge in [0.1, 0.15) is 0 Å². The lowest BCUT2D eigenvalue weighted by Crippen LogP contribution is -2.38. The average Bonchev–Trinajstić information content (AvgIpc) is 3.18. The van der Waals surface area contributed by atoms with Crippen molar-refractivity contribution >= 4 is 5.95 Å². The van der Waals surface area contributed by atoms with Crippen LogP contribution in [-0.4, -0.2) is 60.8 Å². The molecule has 0 radical (unpaired) electrons. The molecule has 3 heterocycles. The second kappa shape index (κ2) is 8.75. The molecule has 0 saturated carbocycles. The third-order valence-electron chi connectivity index (χ3n) is 5.15. The molecule has 4 rings (SSSR count). The first kappa shape index (κ1) is 18.3. The maximum atomic E-state index is 5.38. The molecule has 27 heavy (non-hydrogen) atoms. The van der Waals surface area contributed by atoms with Crippen LogP contribution in [0.4, 0.5) is 5.95 Å². The summed E-state index contributed by atoms with van der Waals surface area (Å²) in [4.78, 5) is 13.6. The van der Waals surface area contributed by atoms with E-state index >= 15 is 0 Å². The molecule has 0 aliphatic carbocycles. The van der Waals surface area contributed by atoms with Crippen molar-refractivity contribution in [3.05, 3.63) is 53.9 Å². The molecule has 2 N–H and O–H groups in total. The Morgan fingerprint density at radius 1 is 1.11 bits per heavy atom. The second-order valence-corrected chi connectivity index (χ2v) is 7.37. The number of rotatable bonds is 6. The summed E-state index contributed by atoms with van der Waals surface area (Å²) in [6.45, 7) is 5.05. The molecule has 0 spiro atoms. The molecule has 7 nitrogen and oxygen atoms in total. The minimum Gasteiger partial charge on any atom is -0.378 e. The first-order chi connectivity index (χ1) is 13.3. The predicted octanol–water partition coefficient (Wildman–Crippen LogP) is 1.35. The van der Waals surface area contributed by atoms with E-state index in [1.807, 2.05) is 12.4 Å². The molecule has 1 aromatic heterocycles. The van der Waals surface area contributed by atoms with Crippen molar-refractivity contribution in [3.63, 3.8) is 0 Å². The second-order valence-electron chi connectivity index (χ2n) is 7.37. The van der Waals surface area contributed by atoms with Gasteiger partial charge in [0.2, 0.25) is 5.95 Å². The Bertz CT molecular complexity index is 704. The number of benzene rings is 1. The van der Waals surface area contributed by atoms with Crippen molar-refractivity contribution in [3.8, 4) is 0 Å². The number of morpholine rings is 1.